The van der Waals surface area contributed by atoms with Crippen LogP contribution in [0.3, 0.4) is 0 Å². The Morgan fingerprint density at radius 1 is 1.32 bits per heavy atom. The smallest absolute Gasteiger partial charge is 0.353 e. The van der Waals surface area contributed by atoms with E-state index in [-0.39, 0.29) is 5.97 Å². The Labute approximate surface area is 116 Å². The summed E-state index contributed by atoms with van der Waals surface area (Å²) in [6.07, 6.45) is 0. The number of esters is 1. The lowest BCUT2D eigenvalue weighted by molar-refractivity contribution is 0.0526. The third-order valence-corrected chi connectivity index (χ3v) is 3.31. The summed E-state index contributed by atoms with van der Waals surface area (Å²) in [6.45, 7) is 4.34. The Kier molecular flexibility index (Phi) is 4.52. The standard InChI is InChI=1S/C14H15NO3S/c1-3-17-14(16)12-13(15-10(2)19-12)18-9-11-7-5-4-6-8-11/h4-8H,3,9H2,1-2H3. The first-order chi connectivity index (χ1) is 9.20. The number of carbonyl (C=O) groups is 1. The van der Waals surface area contributed by atoms with Crippen LogP contribution in [0.15, 0.2) is 30.3 Å². The van der Waals surface area contributed by atoms with Crippen molar-refractivity contribution in [2.45, 2.75) is 20.5 Å². The second kappa shape index (κ2) is 6.33. The van der Waals surface area contributed by atoms with E-state index in [4.69, 9.17) is 9.47 Å². The minimum atomic E-state index is -0.379. The Morgan fingerprint density at radius 3 is 2.74 bits per heavy atom. The highest BCUT2D eigenvalue weighted by molar-refractivity contribution is 7.13. The molecule has 0 amide bonds. The SMILES string of the molecule is CCOC(=O)c1sc(C)nc1OCc1ccccc1. The number of carbonyl (C=O) groups excluding carboxylic acids is 1. The second-order valence-electron chi connectivity index (χ2n) is 3.86. The van der Waals surface area contributed by atoms with Crippen LogP contribution >= 0.6 is 11.3 Å². The molecule has 2 aromatic rings. The van der Waals surface area contributed by atoms with Gasteiger partial charge in [0.2, 0.25) is 5.88 Å². The Bertz CT molecular complexity index is 551. The lowest BCUT2D eigenvalue weighted by Gasteiger charge is -2.05. The summed E-state index contributed by atoms with van der Waals surface area (Å²) in [6, 6.07) is 9.75. The van der Waals surface area contributed by atoms with Crippen LogP contribution in [0.5, 0.6) is 5.88 Å². The molecule has 1 aromatic heterocycles. The fraction of sp³-hybridized carbons (Fsp3) is 0.286. The normalized spacial score (nSPS) is 10.2. The third kappa shape index (κ3) is 3.54. The zero-order chi connectivity index (χ0) is 13.7. The molecule has 0 spiro atoms. The Morgan fingerprint density at radius 2 is 2.05 bits per heavy atom. The number of nitrogens with zero attached hydrogens (tertiary/aromatic N) is 1. The largest absolute Gasteiger partial charge is 0.472 e. The first-order valence-corrected chi connectivity index (χ1v) is 6.83. The summed E-state index contributed by atoms with van der Waals surface area (Å²) in [5.74, 6) is -0.0269. The van der Waals surface area contributed by atoms with Crippen LogP contribution in [-0.2, 0) is 11.3 Å². The molecule has 4 nitrogen and oxygen atoms in total. The first kappa shape index (κ1) is 13.5. The molecule has 0 aliphatic heterocycles. The van der Waals surface area contributed by atoms with E-state index in [9.17, 15) is 4.79 Å². The number of thiazole rings is 1. The van der Waals surface area contributed by atoms with Crippen molar-refractivity contribution < 1.29 is 14.3 Å². The van der Waals surface area contributed by atoms with Crippen LogP contribution < -0.4 is 4.74 Å². The van der Waals surface area contributed by atoms with Crippen molar-refractivity contribution in [1.29, 1.82) is 0 Å². The highest BCUT2D eigenvalue weighted by Crippen LogP contribution is 2.26. The van der Waals surface area contributed by atoms with Crippen LogP contribution in [0.25, 0.3) is 0 Å². The van der Waals surface area contributed by atoms with Crippen molar-refractivity contribution in [2.24, 2.45) is 0 Å². The third-order valence-electron chi connectivity index (χ3n) is 2.38. The molecule has 19 heavy (non-hydrogen) atoms. The van der Waals surface area contributed by atoms with E-state index < -0.39 is 0 Å². The monoisotopic (exact) mass is 277 g/mol. The number of hydrogen-bond acceptors (Lipinski definition) is 5. The quantitative estimate of drug-likeness (QED) is 0.787. The van der Waals surface area contributed by atoms with Crippen molar-refractivity contribution in [2.75, 3.05) is 6.61 Å². The number of hydrogen-bond donors (Lipinski definition) is 0. The van der Waals surface area contributed by atoms with Crippen molar-refractivity contribution in [3.8, 4) is 5.88 Å². The second-order valence-corrected chi connectivity index (χ2v) is 5.07. The minimum Gasteiger partial charge on any atom is -0.472 e. The molecule has 0 bridgehead atoms. The maximum atomic E-state index is 11.8. The predicted octanol–water partition coefficient (Wildman–Crippen LogP) is 3.21. The van der Waals surface area contributed by atoms with Gasteiger partial charge >= 0.3 is 5.97 Å². The fourth-order valence-corrected chi connectivity index (χ4v) is 2.32. The van der Waals surface area contributed by atoms with Crippen molar-refractivity contribution in [3.05, 3.63) is 45.8 Å². The molecule has 0 atom stereocenters. The summed E-state index contributed by atoms with van der Waals surface area (Å²) in [4.78, 5) is 16.4. The summed E-state index contributed by atoms with van der Waals surface area (Å²) >= 11 is 1.29. The van der Waals surface area contributed by atoms with Crippen molar-refractivity contribution >= 4 is 17.3 Å². The lowest BCUT2D eigenvalue weighted by Crippen LogP contribution is -2.05. The van der Waals surface area contributed by atoms with Gasteiger partial charge in [0.25, 0.3) is 0 Å². The number of benzene rings is 1. The topological polar surface area (TPSA) is 48.4 Å². The molecule has 0 saturated carbocycles. The Balaban J connectivity index is 2.10. The highest BCUT2D eigenvalue weighted by atomic mass is 32.1. The van der Waals surface area contributed by atoms with Gasteiger partial charge < -0.3 is 9.47 Å². The molecule has 5 heteroatoms. The molecule has 0 radical (unpaired) electrons. The summed E-state index contributed by atoms with van der Waals surface area (Å²) in [7, 11) is 0. The van der Waals surface area contributed by atoms with Gasteiger partial charge in [-0.1, -0.05) is 30.3 Å². The van der Waals surface area contributed by atoms with E-state index in [1.54, 1.807) is 6.92 Å². The van der Waals surface area contributed by atoms with Gasteiger partial charge in [-0.2, -0.15) is 0 Å². The van der Waals surface area contributed by atoms with Gasteiger partial charge in [-0.3, -0.25) is 0 Å². The lowest BCUT2D eigenvalue weighted by atomic mass is 10.2. The zero-order valence-electron chi connectivity index (χ0n) is 10.9. The molecule has 0 saturated heterocycles. The van der Waals surface area contributed by atoms with E-state index >= 15 is 0 Å². The van der Waals surface area contributed by atoms with E-state index in [2.05, 4.69) is 4.98 Å². The van der Waals surface area contributed by atoms with E-state index in [1.165, 1.54) is 11.3 Å². The van der Waals surface area contributed by atoms with Crippen LogP contribution in [0.4, 0.5) is 0 Å². The average molecular weight is 277 g/mol. The molecule has 0 unspecified atom stereocenters. The van der Waals surface area contributed by atoms with Crippen LogP contribution in [-0.4, -0.2) is 17.6 Å². The maximum Gasteiger partial charge on any atom is 0.353 e. The molecule has 100 valence electrons. The predicted molar refractivity (Wildman–Crippen MR) is 73.6 cm³/mol. The van der Waals surface area contributed by atoms with Gasteiger partial charge in [-0.15, -0.1) is 11.3 Å². The molecular formula is C14H15NO3S. The van der Waals surface area contributed by atoms with Gasteiger partial charge in [-0.05, 0) is 19.4 Å². The van der Waals surface area contributed by atoms with Gasteiger partial charge in [0.15, 0.2) is 4.88 Å². The van der Waals surface area contributed by atoms with Gasteiger partial charge in [-0.25, -0.2) is 9.78 Å². The molecule has 2 rings (SSSR count). The van der Waals surface area contributed by atoms with E-state index in [0.717, 1.165) is 10.6 Å². The van der Waals surface area contributed by atoms with Gasteiger partial charge in [0.1, 0.15) is 6.61 Å². The number of rotatable bonds is 5. The van der Waals surface area contributed by atoms with Crippen LogP contribution in [0.1, 0.15) is 27.2 Å². The van der Waals surface area contributed by atoms with Gasteiger partial charge in [0, 0.05) is 0 Å². The fourth-order valence-electron chi connectivity index (χ4n) is 1.56. The molecule has 0 aliphatic rings. The Hall–Kier alpha value is -1.88. The molecule has 0 N–H and O–H groups in total. The first-order valence-electron chi connectivity index (χ1n) is 6.02. The van der Waals surface area contributed by atoms with E-state index in [1.807, 2.05) is 37.3 Å². The average Bonchev–Trinajstić information content (AvgIpc) is 2.79. The van der Waals surface area contributed by atoms with E-state index in [0.29, 0.717) is 24.0 Å². The highest BCUT2D eigenvalue weighted by Gasteiger charge is 2.19. The number of ether oxygens (including phenoxy) is 2. The molecule has 0 fully saturated rings. The number of aromatic nitrogens is 1. The van der Waals surface area contributed by atoms with Crippen molar-refractivity contribution in [1.82, 2.24) is 4.98 Å². The minimum absolute atomic E-state index is 0.341. The van der Waals surface area contributed by atoms with Gasteiger partial charge in [0.05, 0.1) is 11.6 Å². The molecule has 0 aliphatic carbocycles. The summed E-state index contributed by atoms with van der Waals surface area (Å²) < 4.78 is 10.6. The zero-order valence-corrected chi connectivity index (χ0v) is 11.7. The maximum absolute atomic E-state index is 11.8. The summed E-state index contributed by atoms with van der Waals surface area (Å²) in [5.41, 5.74) is 1.03. The number of aryl methyl sites for hydroxylation is 1. The molecule has 1 aromatic carbocycles. The molecule has 1 heterocycles. The van der Waals surface area contributed by atoms with Crippen molar-refractivity contribution in [3.63, 3.8) is 0 Å². The summed E-state index contributed by atoms with van der Waals surface area (Å²) in [5, 5.41) is 0.783. The van der Waals surface area contributed by atoms with Crippen LogP contribution in [0.2, 0.25) is 0 Å². The van der Waals surface area contributed by atoms with Crippen LogP contribution in [0, 0.1) is 6.92 Å². The molecular weight excluding hydrogens is 262 g/mol.